The number of halogens is 1. The first-order chi connectivity index (χ1) is 6.79. The van der Waals surface area contributed by atoms with E-state index in [1.807, 2.05) is 18.8 Å². The molecule has 0 spiro atoms. The van der Waals surface area contributed by atoms with Gasteiger partial charge in [0.05, 0.1) is 0 Å². The van der Waals surface area contributed by atoms with Crippen molar-refractivity contribution >= 4 is 29.2 Å². The second kappa shape index (κ2) is 4.36. The summed E-state index contributed by atoms with van der Waals surface area (Å²) in [6, 6.07) is 0.550. The van der Waals surface area contributed by atoms with Crippen molar-refractivity contribution in [1.29, 1.82) is 0 Å². The Balaban J connectivity index is 2.17. The van der Waals surface area contributed by atoms with Crippen LogP contribution in [0.1, 0.15) is 6.42 Å². The standard InChI is InChI=1S/C9H12ClN3S/c1-13(7-2-5-14-6-7)9-8(10)11-3-4-12-9/h3-4,7H,2,5-6H2,1H3/t7-/m1/s1. The summed E-state index contributed by atoms with van der Waals surface area (Å²) in [4.78, 5) is 10.4. The highest BCUT2D eigenvalue weighted by atomic mass is 35.5. The molecule has 1 fully saturated rings. The first kappa shape index (κ1) is 10.1. The number of rotatable bonds is 2. The minimum Gasteiger partial charge on any atom is -0.353 e. The van der Waals surface area contributed by atoms with Crippen molar-refractivity contribution in [3.8, 4) is 0 Å². The van der Waals surface area contributed by atoms with Crippen molar-refractivity contribution in [3.05, 3.63) is 17.5 Å². The Kier molecular flexibility index (Phi) is 3.13. The average molecular weight is 230 g/mol. The molecule has 0 unspecified atom stereocenters. The SMILES string of the molecule is CN(c1nccnc1Cl)[C@@H]1CCSC1. The molecular formula is C9H12ClN3S. The first-order valence-electron chi connectivity index (χ1n) is 4.56. The fourth-order valence-electron chi connectivity index (χ4n) is 1.55. The Bertz CT molecular complexity index is 315. The van der Waals surface area contributed by atoms with E-state index in [2.05, 4.69) is 14.9 Å². The lowest BCUT2D eigenvalue weighted by atomic mass is 10.2. The van der Waals surface area contributed by atoms with Gasteiger partial charge >= 0.3 is 0 Å². The van der Waals surface area contributed by atoms with E-state index in [-0.39, 0.29) is 0 Å². The predicted molar refractivity (Wildman–Crippen MR) is 61.2 cm³/mol. The predicted octanol–water partition coefficient (Wildman–Crippen LogP) is 2.07. The molecule has 1 aromatic heterocycles. The van der Waals surface area contributed by atoms with Crippen molar-refractivity contribution in [3.63, 3.8) is 0 Å². The quantitative estimate of drug-likeness (QED) is 0.777. The van der Waals surface area contributed by atoms with Crippen molar-refractivity contribution in [2.24, 2.45) is 0 Å². The highest BCUT2D eigenvalue weighted by Crippen LogP contribution is 2.27. The number of thioether (sulfide) groups is 1. The summed E-state index contributed by atoms with van der Waals surface area (Å²) >= 11 is 7.95. The third-order valence-corrected chi connectivity index (χ3v) is 3.83. The normalized spacial score (nSPS) is 21.1. The van der Waals surface area contributed by atoms with Gasteiger partial charge in [-0.15, -0.1) is 0 Å². The molecule has 3 nitrogen and oxygen atoms in total. The van der Waals surface area contributed by atoms with Crippen LogP contribution >= 0.6 is 23.4 Å². The Morgan fingerprint density at radius 3 is 2.93 bits per heavy atom. The molecule has 14 heavy (non-hydrogen) atoms. The molecule has 0 aromatic carbocycles. The second-order valence-corrected chi connectivity index (χ2v) is 4.81. The number of hydrogen-bond donors (Lipinski definition) is 0. The molecule has 1 aliphatic rings. The number of anilines is 1. The molecule has 5 heteroatoms. The summed E-state index contributed by atoms with van der Waals surface area (Å²) < 4.78 is 0. The van der Waals surface area contributed by atoms with Crippen LogP contribution in [0, 0.1) is 0 Å². The lowest BCUT2D eigenvalue weighted by Gasteiger charge is -2.24. The molecule has 2 rings (SSSR count). The first-order valence-corrected chi connectivity index (χ1v) is 6.09. The van der Waals surface area contributed by atoms with Crippen molar-refractivity contribution in [1.82, 2.24) is 9.97 Å². The van der Waals surface area contributed by atoms with Gasteiger partial charge in [0.25, 0.3) is 0 Å². The molecule has 1 aromatic rings. The molecular weight excluding hydrogens is 218 g/mol. The summed E-state index contributed by atoms with van der Waals surface area (Å²) in [6.07, 6.45) is 4.50. The van der Waals surface area contributed by atoms with Gasteiger partial charge in [0, 0.05) is 31.2 Å². The van der Waals surface area contributed by atoms with Crippen LogP contribution in [0.5, 0.6) is 0 Å². The largest absolute Gasteiger partial charge is 0.353 e. The van der Waals surface area contributed by atoms with Gasteiger partial charge in [-0.2, -0.15) is 11.8 Å². The van der Waals surface area contributed by atoms with E-state index in [1.54, 1.807) is 12.4 Å². The number of nitrogens with zero attached hydrogens (tertiary/aromatic N) is 3. The van der Waals surface area contributed by atoms with Crippen molar-refractivity contribution < 1.29 is 0 Å². The Morgan fingerprint density at radius 2 is 2.29 bits per heavy atom. The maximum absolute atomic E-state index is 5.98. The van der Waals surface area contributed by atoms with Gasteiger partial charge in [0.2, 0.25) is 0 Å². The summed E-state index contributed by atoms with van der Waals surface area (Å²) in [5.74, 6) is 3.18. The smallest absolute Gasteiger partial charge is 0.171 e. The molecule has 0 amide bonds. The van der Waals surface area contributed by atoms with Gasteiger partial charge < -0.3 is 4.90 Å². The Morgan fingerprint density at radius 1 is 1.50 bits per heavy atom. The minimum absolute atomic E-state index is 0.493. The van der Waals surface area contributed by atoms with Gasteiger partial charge in [0.1, 0.15) is 0 Å². The monoisotopic (exact) mass is 229 g/mol. The fraction of sp³-hybridized carbons (Fsp3) is 0.556. The summed E-state index contributed by atoms with van der Waals surface area (Å²) in [5.41, 5.74) is 0. The zero-order chi connectivity index (χ0) is 9.97. The van der Waals surface area contributed by atoms with Gasteiger partial charge in [-0.1, -0.05) is 11.6 Å². The summed E-state index contributed by atoms with van der Waals surface area (Å²) in [6.45, 7) is 0. The fourth-order valence-corrected chi connectivity index (χ4v) is 3.06. The molecule has 1 saturated heterocycles. The van der Waals surface area contributed by atoms with Gasteiger partial charge in [0.15, 0.2) is 11.0 Å². The zero-order valence-electron chi connectivity index (χ0n) is 7.98. The van der Waals surface area contributed by atoms with E-state index < -0.39 is 0 Å². The zero-order valence-corrected chi connectivity index (χ0v) is 9.55. The van der Waals surface area contributed by atoms with Crippen molar-refractivity contribution in [2.45, 2.75) is 12.5 Å². The highest BCUT2D eigenvalue weighted by molar-refractivity contribution is 7.99. The topological polar surface area (TPSA) is 29.0 Å². The van der Waals surface area contributed by atoms with E-state index in [9.17, 15) is 0 Å². The van der Waals surface area contributed by atoms with E-state index in [1.165, 1.54) is 12.2 Å². The van der Waals surface area contributed by atoms with Crippen LogP contribution in [0.15, 0.2) is 12.4 Å². The van der Waals surface area contributed by atoms with E-state index in [4.69, 9.17) is 11.6 Å². The second-order valence-electron chi connectivity index (χ2n) is 3.30. The lowest BCUT2D eigenvalue weighted by molar-refractivity contribution is 0.690. The van der Waals surface area contributed by atoms with Crippen LogP contribution in [-0.2, 0) is 0 Å². The molecule has 0 saturated carbocycles. The van der Waals surface area contributed by atoms with Crippen LogP contribution in [0.3, 0.4) is 0 Å². The van der Waals surface area contributed by atoms with Crippen LogP contribution in [0.2, 0.25) is 5.15 Å². The third kappa shape index (κ3) is 1.96. The molecule has 2 heterocycles. The molecule has 76 valence electrons. The summed E-state index contributed by atoms with van der Waals surface area (Å²) in [7, 11) is 2.03. The van der Waals surface area contributed by atoms with Crippen LogP contribution in [0.25, 0.3) is 0 Å². The molecule has 0 bridgehead atoms. The molecule has 0 aliphatic carbocycles. The molecule has 1 atom stereocenters. The Hall–Kier alpha value is -0.480. The molecule has 0 radical (unpaired) electrons. The molecule has 0 N–H and O–H groups in total. The van der Waals surface area contributed by atoms with Gasteiger partial charge in [-0.3, -0.25) is 0 Å². The van der Waals surface area contributed by atoms with E-state index in [0.717, 1.165) is 11.6 Å². The van der Waals surface area contributed by atoms with Crippen LogP contribution in [-0.4, -0.2) is 34.6 Å². The molecule has 1 aliphatic heterocycles. The van der Waals surface area contributed by atoms with Crippen LogP contribution < -0.4 is 4.90 Å². The number of aromatic nitrogens is 2. The van der Waals surface area contributed by atoms with Gasteiger partial charge in [-0.05, 0) is 12.2 Å². The lowest BCUT2D eigenvalue weighted by Crippen LogP contribution is -2.32. The maximum atomic E-state index is 5.98. The van der Waals surface area contributed by atoms with Crippen molar-refractivity contribution in [2.75, 3.05) is 23.5 Å². The average Bonchev–Trinajstić information content (AvgIpc) is 2.70. The number of hydrogen-bond acceptors (Lipinski definition) is 4. The maximum Gasteiger partial charge on any atom is 0.171 e. The van der Waals surface area contributed by atoms with E-state index >= 15 is 0 Å². The van der Waals surface area contributed by atoms with Gasteiger partial charge in [-0.25, -0.2) is 9.97 Å². The Labute approximate surface area is 92.9 Å². The van der Waals surface area contributed by atoms with Crippen LogP contribution in [0.4, 0.5) is 5.82 Å². The minimum atomic E-state index is 0.493. The third-order valence-electron chi connectivity index (χ3n) is 2.42. The summed E-state index contributed by atoms with van der Waals surface area (Å²) in [5, 5.41) is 0.493. The highest BCUT2D eigenvalue weighted by Gasteiger charge is 2.22. The van der Waals surface area contributed by atoms with E-state index in [0.29, 0.717) is 11.2 Å².